The first-order valence-corrected chi connectivity index (χ1v) is 8.94. The number of nitrogens with one attached hydrogen (secondary N) is 1. The first-order valence-electron chi connectivity index (χ1n) is 8.56. The lowest BCUT2D eigenvalue weighted by Gasteiger charge is -2.33. The van der Waals surface area contributed by atoms with Crippen molar-refractivity contribution in [2.45, 2.75) is 25.4 Å². The van der Waals surface area contributed by atoms with Gasteiger partial charge in [0, 0.05) is 36.6 Å². The van der Waals surface area contributed by atoms with Crippen LogP contribution in [0.2, 0.25) is 5.02 Å². The van der Waals surface area contributed by atoms with Crippen molar-refractivity contribution in [3.05, 3.63) is 59.1 Å². The third-order valence-corrected chi connectivity index (χ3v) is 4.76. The van der Waals surface area contributed by atoms with Crippen molar-refractivity contribution in [2.75, 3.05) is 30.4 Å². The molecule has 132 valence electrons. The highest BCUT2D eigenvalue weighted by molar-refractivity contribution is 6.30. The molecule has 1 saturated heterocycles. The van der Waals surface area contributed by atoms with Crippen LogP contribution in [0.5, 0.6) is 0 Å². The predicted octanol–water partition coefficient (Wildman–Crippen LogP) is 4.14. The van der Waals surface area contributed by atoms with E-state index >= 15 is 0 Å². The highest BCUT2D eigenvalue weighted by atomic mass is 35.5. The van der Waals surface area contributed by atoms with Crippen molar-refractivity contribution in [3.63, 3.8) is 0 Å². The zero-order valence-corrected chi connectivity index (χ0v) is 15.1. The van der Waals surface area contributed by atoms with Crippen molar-refractivity contribution in [2.24, 2.45) is 0 Å². The number of amides is 1. The maximum atomic E-state index is 12.2. The van der Waals surface area contributed by atoms with Gasteiger partial charge in [-0.2, -0.15) is 0 Å². The molecule has 2 aromatic carbocycles. The van der Waals surface area contributed by atoms with E-state index in [0.717, 1.165) is 42.9 Å². The average molecular weight is 359 g/mol. The third-order valence-electron chi connectivity index (χ3n) is 4.51. The summed E-state index contributed by atoms with van der Waals surface area (Å²) >= 11 is 5.86. The molecular formula is C20H23ClN2O2. The first kappa shape index (κ1) is 17.8. The minimum Gasteiger partial charge on any atom is -0.380 e. The molecule has 1 aliphatic rings. The molecule has 1 heterocycles. The van der Waals surface area contributed by atoms with Gasteiger partial charge in [-0.15, -0.1) is 0 Å². The van der Waals surface area contributed by atoms with E-state index in [4.69, 9.17) is 16.3 Å². The van der Waals surface area contributed by atoms with Crippen molar-refractivity contribution in [3.8, 4) is 0 Å². The molecular weight excluding hydrogens is 336 g/mol. The average Bonchev–Trinajstić information content (AvgIpc) is 2.64. The van der Waals surface area contributed by atoms with Crippen LogP contribution in [0.15, 0.2) is 48.5 Å². The number of nitrogens with zero attached hydrogens (tertiary/aromatic N) is 1. The molecule has 0 aliphatic carbocycles. The standard InChI is InChI=1S/C20H23ClN2O2/c1-25-19-3-2-12-23(14-19)18-10-8-17(9-11-18)22-20(24)13-15-4-6-16(21)7-5-15/h4-11,19H,2-3,12-14H2,1H3,(H,22,24). The SMILES string of the molecule is COC1CCCN(c2ccc(NC(=O)Cc3ccc(Cl)cc3)cc2)C1. The van der Waals surface area contributed by atoms with Crippen LogP contribution in [0, 0.1) is 0 Å². The van der Waals surface area contributed by atoms with E-state index < -0.39 is 0 Å². The molecule has 1 amide bonds. The molecule has 1 N–H and O–H groups in total. The summed E-state index contributed by atoms with van der Waals surface area (Å²) in [6.45, 7) is 1.96. The Labute approximate surface area is 153 Å². The zero-order chi connectivity index (χ0) is 17.6. The Balaban J connectivity index is 1.56. The minimum absolute atomic E-state index is 0.0347. The van der Waals surface area contributed by atoms with Crippen LogP contribution >= 0.6 is 11.6 Å². The highest BCUT2D eigenvalue weighted by Crippen LogP contribution is 2.23. The van der Waals surface area contributed by atoms with Gasteiger partial charge in [-0.25, -0.2) is 0 Å². The summed E-state index contributed by atoms with van der Waals surface area (Å²) in [6.07, 6.45) is 2.89. The van der Waals surface area contributed by atoms with Gasteiger partial charge in [0.15, 0.2) is 0 Å². The highest BCUT2D eigenvalue weighted by Gasteiger charge is 2.19. The van der Waals surface area contributed by atoms with Crippen LogP contribution in [0.3, 0.4) is 0 Å². The van der Waals surface area contributed by atoms with Crippen molar-refractivity contribution in [1.82, 2.24) is 0 Å². The topological polar surface area (TPSA) is 41.6 Å². The summed E-state index contributed by atoms with van der Waals surface area (Å²) in [5.74, 6) is -0.0347. The molecule has 1 unspecified atom stereocenters. The number of ether oxygens (including phenoxy) is 1. The van der Waals surface area contributed by atoms with E-state index in [0.29, 0.717) is 17.5 Å². The lowest BCUT2D eigenvalue weighted by molar-refractivity contribution is -0.115. The van der Waals surface area contributed by atoms with Crippen LogP contribution < -0.4 is 10.2 Å². The molecule has 1 fully saturated rings. The molecule has 1 atom stereocenters. The summed E-state index contributed by atoms with van der Waals surface area (Å²) in [6, 6.07) is 15.3. The normalized spacial score (nSPS) is 17.4. The number of halogens is 1. The lowest BCUT2D eigenvalue weighted by atomic mass is 10.1. The van der Waals surface area contributed by atoms with Gasteiger partial charge in [0.2, 0.25) is 5.91 Å². The van der Waals surface area contributed by atoms with Gasteiger partial charge in [0.25, 0.3) is 0 Å². The van der Waals surface area contributed by atoms with Crippen LogP contribution in [-0.2, 0) is 16.0 Å². The van der Waals surface area contributed by atoms with Crippen molar-refractivity contribution in [1.29, 1.82) is 0 Å². The first-order chi connectivity index (χ1) is 12.1. The van der Waals surface area contributed by atoms with Crippen LogP contribution in [0.4, 0.5) is 11.4 Å². The summed E-state index contributed by atoms with van der Waals surface area (Å²) < 4.78 is 5.48. The van der Waals surface area contributed by atoms with E-state index in [1.807, 2.05) is 24.3 Å². The maximum absolute atomic E-state index is 12.2. The fraction of sp³-hybridized carbons (Fsp3) is 0.350. The second kappa shape index (κ2) is 8.37. The van der Waals surface area contributed by atoms with E-state index in [2.05, 4.69) is 22.3 Å². The number of methoxy groups -OCH3 is 1. The number of hydrogen-bond donors (Lipinski definition) is 1. The van der Waals surface area contributed by atoms with Gasteiger partial charge in [0.05, 0.1) is 12.5 Å². The summed E-state index contributed by atoms with van der Waals surface area (Å²) in [5.41, 5.74) is 2.91. The smallest absolute Gasteiger partial charge is 0.228 e. The van der Waals surface area contributed by atoms with Gasteiger partial charge >= 0.3 is 0 Å². The van der Waals surface area contributed by atoms with Crippen LogP contribution in [-0.4, -0.2) is 32.2 Å². The molecule has 0 saturated carbocycles. The third kappa shape index (κ3) is 4.97. The number of carbonyl (C=O) groups is 1. The number of anilines is 2. The Kier molecular flexibility index (Phi) is 5.95. The lowest BCUT2D eigenvalue weighted by Crippen LogP contribution is -2.39. The number of carbonyl (C=O) groups excluding carboxylic acids is 1. The molecule has 2 aromatic rings. The fourth-order valence-electron chi connectivity index (χ4n) is 3.11. The molecule has 0 radical (unpaired) electrons. The maximum Gasteiger partial charge on any atom is 0.228 e. The second-order valence-electron chi connectivity index (χ2n) is 6.34. The number of hydrogen-bond acceptors (Lipinski definition) is 3. The molecule has 3 rings (SSSR count). The van der Waals surface area contributed by atoms with Crippen LogP contribution in [0.25, 0.3) is 0 Å². The van der Waals surface area contributed by atoms with E-state index in [9.17, 15) is 4.79 Å². The second-order valence-corrected chi connectivity index (χ2v) is 6.78. The summed E-state index contributed by atoms with van der Waals surface area (Å²) in [7, 11) is 1.77. The quantitative estimate of drug-likeness (QED) is 0.873. The van der Waals surface area contributed by atoms with Gasteiger partial charge in [-0.05, 0) is 54.8 Å². The van der Waals surface area contributed by atoms with E-state index in [-0.39, 0.29) is 5.91 Å². The Hall–Kier alpha value is -2.04. The van der Waals surface area contributed by atoms with Crippen LogP contribution in [0.1, 0.15) is 18.4 Å². The van der Waals surface area contributed by atoms with Crippen molar-refractivity contribution >= 4 is 28.9 Å². The van der Waals surface area contributed by atoms with Gasteiger partial charge in [0.1, 0.15) is 0 Å². The van der Waals surface area contributed by atoms with Gasteiger partial charge in [-0.1, -0.05) is 23.7 Å². The van der Waals surface area contributed by atoms with Crippen molar-refractivity contribution < 1.29 is 9.53 Å². The summed E-state index contributed by atoms with van der Waals surface area (Å²) in [4.78, 5) is 14.5. The molecule has 1 aliphatic heterocycles. The van der Waals surface area contributed by atoms with Gasteiger partial charge < -0.3 is 15.0 Å². The number of piperidine rings is 1. The Morgan fingerprint density at radius 1 is 1.20 bits per heavy atom. The molecule has 0 bridgehead atoms. The Bertz CT molecular complexity index is 701. The van der Waals surface area contributed by atoms with E-state index in [1.54, 1.807) is 19.2 Å². The largest absolute Gasteiger partial charge is 0.380 e. The number of benzene rings is 2. The molecule has 0 spiro atoms. The minimum atomic E-state index is -0.0347. The van der Waals surface area contributed by atoms with Gasteiger partial charge in [-0.3, -0.25) is 4.79 Å². The predicted molar refractivity (Wildman–Crippen MR) is 102 cm³/mol. The molecule has 25 heavy (non-hydrogen) atoms. The zero-order valence-electron chi connectivity index (χ0n) is 14.4. The summed E-state index contributed by atoms with van der Waals surface area (Å²) in [5, 5.41) is 3.61. The molecule has 5 heteroatoms. The number of rotatable bonds is 5. The fourth-order valence-corrected chi connectivity index (χ4v) is 3.24. The molecule has 4 nitrogen and oxygen atoms in total. The Morgan fingerprint density at radius 3 is 2.60 bits per heavy atom. The monoisotopic (exact) mass is 358 g/mol. The molecule has 0 aromatic heterocycles. The van der Waals surface area contributed by atoms with E-state index in [1.165, 1.54) is 0 Å². The Morgan fingerprint density at radius 2 is 1.92 bits per heavy atom.